The van der Waals surface area contributed by atoms with Crippen molar-refractivity contribution in [3.63, 3.8) is 0 Å². The van der Waals surface area contributed by atoms with E-state index in [-0.39, 0.29) is 11.5 Å². The highest BCUT2D eigenvalue weighted by molar-refractivity contribution is 14.1. The van der Waals surface area contributed by atoms with Gasteiger partial charge in [-0.25, -0.2) is 0 Å². The first-order valence-corrected chi connectivity index (χ1v) is 13.8. The van der Waals surface area contributed by atoms with Crippen molar-refractivity contribution in [2.75, 3.05) is 19.0 Å². The van der Waals surface area contributed by atoms with Crippen LogP contribution in [0.5, 0.6) is 11.5 Å². The summed E-state index contributed by atoms with van der Waals surface area (Å²) in [6, 6.07) is 19.9. The minimum absolute atomic E-state index is 0.177. The molecule has 4 rings (SSSR count). The van der Waals surface area contributed by atoms with Gasteiger partial charge in [0.2, 0.25) is 5.91 Å². The van der Waals surface area contributed by atoms with Crippen LogP contribution < -0.4 is 14.8 Å². The Morgan fingerprint density at radius 1 is 1.18 bits per heavy atom. The summed E-state index contributed by atoms with van der Waals surface area (Å²) in [5.41, 5.74) is 2.44. The molecule has 11 heteroatoms. The third kappa shape index (κ3) is 6.38. The van der Waals surface area contributed by atoms with E-state index in [0.29, 0.717) is 32.8 Å². The number of imide groups is 1. The van der Waals surface area contributed by atoms with Gasteiger partial charge in [-0.2, -0.15) is 5.26 Å². The van der Waals surface area contributed by atoms with E-state index in [4.69, 9.17) is 9.47 Å². The standard InChI is InChI=1S/C27H19BrIN3O5S/c1-36-22-11-16(10-20(29)25(22)37-15-18-7-3-2-6-17(18)13-30)12-23-26(34)32(27(35)38-23)14-24(33)31-21-9-5-4-8-19(21)28/h2-12H,14-15H2,1H3,(H,31,33)/b23-12+. The van der Waals surface area contributed by atoms with Crippen molar-refractivity contribution in [1.29, 1.82) is 5.26 Å². The number of carbonyl (C=O) groups is 3. The number of carbonyl (C=O) groups excluding carboxylic acids is 3. The van der Waals surface area contributed by atoms with Crippen LogP contribution in [0, 0.1) is 14.9 Å². The maximum atomic E-state index is 12.9. The fraction of sp³-hybridized carbons (Fsp3) is 0.111. The lowest BCUT2D eigenvalue weighted by Gasteiger charge is -2.14. The highest BCUT2D eigenvalue weighted by Crippen LogP contribution is 2.38. The summed E-state index contributed by atoms with van der Waals surface area (Å²) in [4.78, 5) is 39.1. The van der Waals surface area contributed by atoms with Gasteiger partial charge in [0.1, 0.15) is 13.2 Å². The monoisotopic (exact) mass is 703 g/mol. The molecule has 0 radical (unpaired) electrons. The Kier molecular flexibility index (Phi) is 9.09. The van der Waals surface area contributed by atoms with Crippen LogP contribution in [0.3, 0.4) is 0 Å². The van der Waals surface area contributed by atoms with E-state index in [1.807, 2.05) is 18.2 Å². The Balaban J connectivity index is 1.49. The van der Waals surface area contributed by atoms with E-state index in [2.05, 4.69) is 49.9 Å². The van der Waals surface area contributed by atoms with E-state index in [0.717, 1.165) is 25.8 Å². The summed E-state index contributed by atoms with van der Waals surface area (Å²) >= 11 is 6.22. The fourth-order valence-electron chi connectivity index (χ4n) is 3.55. The van der Waals surface area contributed by atoms with Crippen LogP contribution in [0.2, 0.25) is 0 Å². The lowest BCUT2D eigenvalue weighted by Crippen LogP contribution is -2.36. The Labute approximate surface area is 245 Å². The molecule has 1 aliphatic heterocycles. The number of amides is 3. The van der Waals surface area contributed by atoms with Gasteiger partial charge < -0.3 is 14.8 Å². The van der Waals surface area contributed by atoms with E-state index in [1.165, 1.54) is 7.11 Å². The lowest BCUT2D eigenvalue weighted by molar-refractivity contribution is -0.127. The summed E-state index contributed by atoms with van der Waals surface area (Å²) in [5, 5.41) is 11.5. The number of nitriles is 1. The van der Waals surface area contributed by atoms with Gasteiger partial charge in [-0.3, -0.25) is 19.3 Å². The van der Waals surface area contributed by atoms with Crippen molar-refractivity contribution in [3.05, 3.63) is 90.3 Å². The number of halogens is 2. The van der Waals surface area contributed by atoms with Crippen molar-refractivity contribution in [2.45, 2.75) is 6.61 Å². The predicted molar refractivity (Wildman–Crippen MR) is 157 cm³/mol. The number of para-hydroxylation sites is 1. The zero-order valence-corrected chi connectivity index (χ0v) is 24.4. The number of benzene rings is 3. The highest BCUT2D eigenvalue weighted by atomic mass is 127. The molecular weight excluding hydrogens is 685 g/mol. The highest BCUT2D eigenvalue weighted by Gasteiger charge is 2.36. The van der Waals surface area contributed by atoms with Crippen molar-refractivity contribution in [3.8, 4) is 17.6 Å². The van der Waals surface area contributed by atoms with Gasteiger partial charge >= 0.3 is 0 Å². The molecule has 0 unspecified atom stereocenters. The molecule has 1 N–H and O–H groups in total. The summed E-state index contributed by atoms with van der Waals surface area (Å²) in [7, 11) is 1.50. The van der Waals surface area contributed by atoms with E-state index in [1.54, 1.807) is 48.5 Å². The summed E-state index contributed by atoms with van der Waals surface area (Å²) in [5.74, 6) is -0.111. The third-order valence-corrected chi connectivity index (χ3v) is 7.78. The Morgan fingerprint density at radius 3 is 2.66 bits per heavy atom. The van der Waals surface area contributed by atoms with Gasteiger partial charge in [-0.15, -0.1) is 0 Å². The molecule has 0 bridgehead atoms. The molecule has 1 heterocycles. The Bertz CT molecular complexity index is 1500. The van der Waals surface area contributed by atoms with Crippen molar-refractivity contribution in [1.82, 2.24) is 4.90 Å². The van der Waals surface area contributed by atoms with Crippen LogP contribution >= 0.6 is 50.3 Å². The zero-order valence-electron chi connectivity index (χ0n) is 19.9. The maximum absolute atomic E-state index is 12.9. The van der Waals surface area contributed by atoms with Crippen LogP contribution in [0.25, 0.3) is 6.08 Å². The second kappa shape index (κ2) is 12.5. The third-order valence-electron chi connectivity index (χ3n) is 5.38. The summed E-state index contributed by atoms with van der Waals surface area (Å²) in [6.07, 6.45) is 1.58. The molecule has 0 aromatic heterocycles. The topological polar surface area (TPSA) is 109 Å². The number of nitrogens with one attached hydrogen (secondary N) is 1. The van der Waals surface area contributed by atoms with Gasteiger partial charge in [-0.05, 0) is 92.3 Å². The van der Waals surface area contributed by atoms with Gasteiger partial charge in [0, 0.05) is 10.0 Å². The Morgan fingerprint density at radius 2 is 1.92 bits per heavy atom. The van der Waals surface area contributed by atoms with Gasteiger partial charge in [0.05, 0.1) is 32.9 Å². The maximum Gasteiger partial charge on any atom is 0.294 e. The van der Waals surface area contributed by atoms with Gasteiger partial charge in [0.25, 0.3) is 11.1 Å². The molecule has 3 aromatic carbocycles. The quantitative estimate of drug-likeness (QED) is 0.220. The minimum Gasteiger partial charge on any atom is -0.493 e. The van der Waals surface area contributed by atoms with E-state index < -0.39 is 23.6 Å². The van der Waals surface area contributed by atoms with Crippen LogP contribution in [0.1, 0.15) is 16.7 Å². The molecule has 38 heavy (non-hydrogen) atoms. The molecule has 1 saturated heterocycles. The number of anilines is 1. The number of hydrogen-bond acceptors (Lipinski definition) is 7. The normalized spacial score (nSPS) is 13.9. The second-order valence-corrected chi connectivity index (χ2v) is 10.9. The van der Waals surface area contributed by atoms with Gasteiger partial charge in [-0.1, -0.05) is 30.3 Å². The second-order valence-electron chi connectivity index (χ2n) is 7.89. The molecule has 1 aliphatic rings. The SMILES string of the molecule is COc1cc(/C=C2/SC(=O)N(CC(=O)Nc3ccccc3Br)C2=O)cc(I)c1OCc1ccccc1C#N. The van der Waals surface area contributed by atoms with Gasteiger partial charge in [0.15, 0.2) is 11.5 Å². The molecule has 0 aliphatic carbocycles. The molecule has 8 nitrogen and oxygen atoms in total. The van der Waals surface area contributed by atoms with Crippen molar-refractivity contribution in [2.24, 2.45) is 0 Å². The van der Waals surface area contributed by atoms with Crippen LogP contribution in [-0.4, -0.2) is 35.6 Å². The molecule has 0 spiro atoms. The molecule has 0 saturated carbocycles. The molecular formula is C27H19BrIN3O5S. The lowest BCUT2D eigenvalue weighted by atomic mass is 10.1. The average Bonchev–Trinajstić information content (AvgIpc) is 3.16. The molecule has 3 aromatic rings. The van der Waals surface area contributed by atoms with Crippen LogP contribution in [-0.2, 0) is 16.2 Å². The molecule has 0 atom stereocenters. The number of rotatable bonds is 8. The Hall–Kier alpha value is -3.34. The summed E-state index contributed by atoms with van der Waals surface area (Å²) in [6.45, 7) is -0.225. The number of ether oxygens (including phenoxy) is 2. The average molecular weight is 704 g/mol. The minimum atomic E-state index is -0.551. The predicted octanol–water partition coefficient (Wildman–Crippen LogP) is 6.19. The number of methoxy groups -OCH3 is 1. The number of hydrogen-bond donors (Lipinski definition) is 1. The van der Waals surface area contributed by atoms with Crippen LogP contribution in [0.15, 0.2) is 70.0 Å². The fourth-order valence-corrected chi connectivity index (χ4v) is 5.56. The molecule has 1 fully saturated rings. The first-order valence-electron chi connectivity index (χ1n) is 11.1. The van der Waals surface area contributed by atoms with E-state index >= 15 is 0 Å². The first-order chi connectivity index (χ1) is 18.3. The van der Waals surface area contributed by atoms with Crippen LogP contribution in [0.4, 0.5) is 10.5 Å². The zero-order chi connectivity index (χ0) is 27.2. The van der Waals surface area contributed by atoms with Crippen molar-refractivity contribution >= 4 is 79.1 Å². The van der Waals surface area contributed by atoms with Crippen molar-refractivity contribution < 1.29 is 23.9 Å². The molecule has 3 amide bonds. The number of thioether (sulfide) groups is 1. The molecule has 192 valence electrons. The number of nitrogens with zero attached hydrogens (tertiary/aromatic N) is 2. The largest absolute Gasteiger partial charge is 0.493 e. The summed E-state index contributed by atoms with van der Waals surface area (Å²) < 4.78 is 12.9. The smallest absolute Gasteiger partial charge is 0.294 e. The van der Waals surface area contributed by atoms with E-state index in [9.17, 15) is 19.6 Å². The first kappa shape index (κ1) is 27.7.